The van der Waals surface area contributed by atoms with E-state index in [0.29, 0.717) is 0 Å². The fourth-order valence-corrected chi connectivity index (χ4v) is 2.78. The summed E-state index contributed by atoms with van der Waals surface area (Å²) in [6.45, 7) is 6.19. The van der Waals surface area contributed by atoms with Crippen molar-refractivity contribution in [3.8, 4) is 0 Å². The summed E-state index contributed by atoms with van der Waals surface area (Å²) in [5.74, 6) is 0. The molecule has 5 heteroatoms. The van der Waals surface area contributed by atoms with Crippen molar-refractivity contribution in [2.45, 2.75) is 13.0 Å². The molecule has 2 rings (SSSR count). The molecule has 1 aliphatic rings. The van der Waals surface area contributed by atoms with Gasteiger partial charge in [-0.2, -0.15) is 0 Å². The zero-order chi connectivity index (χ0) is 14.2. The summed E-state index contributed by atoms with van der Waals surface area (Å²) in [5, 5.41) is 3.36. The van der Waals surface area contributed by atoms with Crippen LogP contribution in [0.3, 0.4) is 0 Å². The van der Waals surface area contributed by atoms with Crippen molar-refractivity contribution in [3.63, 3.8) is 0 Å². The zero-order valence-corrected chi connectivity index (χ0v) is 13.6. The number of methoxy groups -OCH3 is 1. The largest absolute Gasteiger partial charge is 0.383 e. The summed E-state index contributed by atoms with van der Waals surface area (Å²) in [5.41, 5.74) is 2.54. The van der Waals surface area contributed by atoms with Gasteiger partial charge in [-0.15, -0.1) is 0 Å². The van der Waals surface area contributed by atoms with Crippen LogP contribution in [-0.2, 0) is 16.0 Å². The SMILES string of the molecule is COCCNCc1ccc(N2CCCOCC2)cc1Br. The molecule has 1 N–H and O–H groups in total. The van der Waals surface area contributed by atoms with Crippen LogP contribution >= 0.6 is 15.9 Å². The predicted molar refractivity (Wildman–Crippen MR) is 85.4 cm³/mol. The number of rotatable bonds is 6. The van der Waals surface area contributed by atoms with Gasteiger partial charge in [-0.25, -0.2) is 0 Å². The highest BCUT2D eigenvalue weighted by Gasteiger charge is 2.11. The van der Waals surface area contributed by atoms with E-state index in [9.17, 15) is 0 Å². The van der Waals surface area contributed by atoms with Gasteiger partial charge in [0.1, 0.15) is 0 Å². The molecule has 0 aromatic heterocycles. The van der Waals surface area contributed by atoms with Crippen LogP contribution in [0, 0.1) is 0 Å². The maximum Gasteiger partial charge on any atom is 0.0641 e. The number of halogens is 1. The van der Waals surface area contributed by atoms with Crippen molar-refractivity contribution < 1.29 is 9.47 Å². The topological polar surface area (TPSA) is 33.7 Å². The maximum atomic E-state index is 5.50. The van der Waals surface area contributed by atoms with Gasteiger partial charge in [0.05, 0.1) is 13.2 Å². The standard InChI is InChI=1S/C15H23BrN2O2/c1-19-9-5-17-12-13-3-4-14(11-15(13)16)18-6-2-8-20-10-7-18/h3-4,11,17H,2,5-10,12H2,1H3. The van der Waals surface area contributed by atoms with Gasteiger partial charge < -0.3 is 19.7 Å². The first kappa shape index (κ1) is 15.8. The molecule has 1 aliphatic heterocycles. The van der Waals surface area contributed by atoms with Crippen LogP contribution in [0.1, 0.15) is 12.0 Å². The van der Waals surface area contributed by atoms with Gasteiger partial charge in [-0.1, -0.05) is 22.0 Å². The van der Waals surface area contributed by atoms with E-state index < -0.39 is 0 Å². The summed E-state index contributed by atoms with van der Waals surface area (Å²) in [7, 11) is 1.72. The lowest BCUT2D eigenvalue weighted by atomic mass is 10.2. The Morgan fingerprint density at radius 1 is 1.35 bits per heavy atom. The summed E-state index contributed by atoms with van der Waals surface area (Å²) >= 11 is 3.67. The summed E-state index contributed by atoms with van der Waals surface area (Å²) in [6, 6.07) is 6.59. The molecule has 1 heterocycles. The number of hydrogen-bond acceptors (Lipinski definition) is 4. The van der Waals surface area contributed by atoms with E-state index in [1.807, 2.05) is 0 Å². The molecule has 4 nitrogen and oxygen atoms in total. The lowest BCUT2D eigenvalue weighted by Gasteiger charge is -2.22. The highest BCUT2D eigenvalue weighted by Crippen LogP contribution is 2.25. The Hall–Kier alpha value is -0.620. The molecule has 0 saturated carbocycles. The van der Waals surface area contributed by atoms with Gasteiger partial charge in [-0.3, -0.25) is 0 Å². The highest BCUT2D eigenvalue weighted by molar-refractivity contribution is 9.10. The van der Waals surface area contributed by atoms with Crippen LogP contribution in [0.25, 0.3) is 0 Å². The van der Waals surface area contributed by atoms with Crippen LogP contribution < -0.4 is 10.2 Å². The van der Waals surface area contributed by atoms with Gasteiger partial charge in [0.2, 0.25) is 0 Å². The van der Waals surface area contributed by atoms with E-state index in [2.05, 4.69) is 44.3 Å². The Morgan fingerprint density at radius 3 is 3.05 bits per heavy atom. The first-order valence-corrected chi connectivity index (χ1v) is 7.91. The normalized spacial score (nSPS) is 16.2. The van der Waals surface area contributed by atoms with Gasteiger partial charge >= 0.3 is 0 Å². The van der Waals surface area contributed by atoms with Crippen molar-refractivity contribution in [3.05, 3.63) is 28.2 Å². The molecular formula is C15H23BrN2O2. The van der Waals surface area contributed by atoms with E-state index in [0.717, 1.165) is 56.9 Å². The van der Waals surface area contributed by atoms with E-state index >= 15 is 0 Å². The van der Waals surface area contributed by atoms with Gasteiger partial charge in [-0.05, 0) is 24.1 Å². The Morgan fingerprint density at radius 2 is 2.25 bits per heavy atom. The first-order valence-electron chi connectivity index (χ1n) is 7.12. The summed E-state index contributed by atoms with van der Waals surface area (Å²) < 4.78 is 11.7. The fourth-order valence-electron chi connectivity index (χ4n) is 2.28. The minimum absolute atomic E-state index is 0.740. The van der Waals surface area contributed by atoms with Crippen molar-refractivity contribution in [1.82, 2.24) is 5.32 Å². The second kappa shape index (κ2) is 8.62. The molecule has 0 atom stereocenters. The predicted octanol–water partition coefficient (Wildman–Crippen LogP) is 2.41. The molecule has 0 aliphatic carbocycles. The van der Waals surface area contributed by atoms with Gasteiger partial charge in [0, 0.05) is 50.1 Å². The zero-order valence-electron chi connectivity index (χ0n) is 12.0. The lowest BCUT2D eigenvalue weighted by Crippen LogP contribution is -2.26. The number of benzene rings is 1. The van der Waals surface area contributed by atoms with Gasteiger partial charge in [0.15, 0.2) is 0 Å². The van der Waals surface area contributed by atoms with E-state index in [1.165, 1.54) is 11.3 Å². The lowest BCUT2D eigenvalue weighted by molar-refractivity contribution is 0.152. The molecular weight excluding hydrogens is 320 g/mol. The van der Waals surface area contributed by atoms with E-state index in [4.69, 9.17) is 9.47 Å². The molecule has 0 radical (unpaired) electrons. The Bertz CT molecular complexity index is 407. The quantitative estimate of drug-likeness (QED) is 0.805. The molecule has 0 unspecified atom stereocenters. The van der Waals surface area contributed by atoms with Crippen LogP contribution in [0.15, 0.2) is 22.7 Å². The van der Waals surface area contributed by atoms with Crippen LogP contribution in [0.2, 0.25) is 0 Å². The van der Waals surface area contributed by atoms with Gasteiger partial charge in [0.25, 0.3) is 0 Å². The monoisotopic (exact) mass is 342 g/mol. The molecule has 0 spiro atoms. The number of anilines is 1. The minimum atomic E-state index is 0.740. The van der Waals surface area contributed by atoms with Crippen molar-refractivity contribution in [1.29, 1.82) is 0 Å². The van der Waals surface area contributed by atoms with Crippen LogP contribution in [0.4, 0.5) is 5.69 Å². The van der Waals surface area contributed by atoms with Crippen LogP contribution in [0.5, 0.6) is 0 Å². The number of hydrogen-bond donors (Lipinski definition) is 1. The molecule has 1 saturated heterocycles. The van der Waals surface area contributed by atoms with Crippen LogP contribution in [-0.4, -0.2) is 46.6 Å². The average molecular weight is 343 g/mol. The molecule has 20 heavy (non-hydrogen) atoms. The van der Waals surface area contributed by atoms with Crippen molar-refractivity contribution in [2.24, 2.45) is 0 Å². The number of ether oxygens (including phenoxy) is 2. The second-order valence-electron chi connectivity index (χ2n) is 4.90. The maximum absolute atomic E-state index is 5.50. The summed E-state index contributed by atoms with van der Waals surface area (Å²) in [6.07, 6.45) is 1.10. The fraction of sp³-hybridized carbons (Fsp3) is 0.600. The highest BCUT2D eigenvalue weighted by atomic mass is 79.9. The average Bonchev–Trinajstić information content (AvgIpc) is 2.74. The number of nitrogens with one attached hydrogen (secondary N) is 1. The molecule has 1 fully saturated rings. The molecule has 0 amide bonds. The van der Waals surface area contributed by atoms with E-state index in [1.54, 1.807) is 7.11 Å². The third-order valence-corrected chi connectivity index (χ3v) is 4.16. The third-order valence-electron chi connectivity index (χ3n) is 3.42. The number of nitrogens with zero attached hydrogens (tertiary/aromatic N) is 1. The smallest absolute Gasteiger partial charge is 0.0641 e. The van der Waals surface area contributed by atoms with Crippen molar-refractivity contribution >= 4 is 21.6 Å². The first-order chi connectivity index (χ1) is 9.81. The Kier molecular flexibility index (Phi) is 6.79. The molecule has 0 bridgehead atoms. The Balaban J connectivity index is 1.94. The van der Waals surface area contributed by atoms with E-state index in [-0.39, 0.29) is 0 Å². The molecule has 1 aromatic carbocycles. The second-order valence-corrected chi connectivity index (χ2v) is 5.75. The molecule has 1 aromatic rings. The minimum Gasteiger partial charge on any atom is -0.383 e. The third kappa shape index (κ3) is 4.74. The Labute approximate surface area is 129 Å². The summed E-state index contributed by atoms with van der Waals surface area (Å²) in [4.78, 5) is 2.39. The van der Waals surface area contributed by atoms with Crippen molar-refractivity contribution in [2.75, 3.05) is 51.5 Å². The molecule has 112 valence electrons.